The number of rotatable bonds is 4. The summed E-state index contributed by atoms with van der Waals surface area (Å²) in [5.41, 5.74) is 0.886. The van der Waals surface area contributed by atoms with Gasteiger partial charge in [-0.3, -0.25) is 10.1 Å². The summed E-state index contributed by atoms with van der Waals surface area (Å²) in [6.45, 7) is 1.04. The molecule has 0 unspecified atom stereocenters. The van der Waals surface area contributed by atoms with Gasteiger partial charge in [-0.25, -0.2) is 9.18 Å². The largest absolute Gasteiger partial charge is 0.405 e. The first-order valence-corrected chi connectivity index (χ1v) is 7.71. The Bertz CT molecular complexity index is 599. The van der Waals surface area contributed by atoms with E-state index in [0.29, 0.717) is 26.2 Å². The van der Waals surface area contributed by atoms with Gasteiger partial charge in [-0.1, -0.05) is 0 Å². The maximum Gasteiger partial charge on any atom is 0.405 e. The molecule has 0 aliphatic carbocycles. The predicted octanol–water partition coefficient (Wildman–Crippen LogP) is -0.0813. The van der Waals surface area contributed by atoms with E-state index < -0.39 is 24.7 Å². The molecule has 0 bridgehead atoms. The fourth-order valence-electron chi connectivity index (χ4n) is 2.53. The van der Waals surface area contributed by atoms with Crippen LogP contribution in [0.4, 0.5) is 28.0 Å². The Hall–Kier alpha value is -2.36. The molecule has 0 atom stereocenters. The Morgan fingerprint density at radius 1 is 1.12 bits per heavy atom. The van der Waals surface area contributed by atoms with Crippen LogP contribution in [-0.4, -0.2) is 57.4 Å². The number of imide groups is 1. The summed E-state index contributed by atoms with van der Waals surface area (Å²) in [6.07, 6.45) is -4.53. The zero-order valence-corrected chi connectivity index (χ0v) is 13.3. The van der Waals surface area contributed by atoms with Gasteiger partial charge in [0.15, 0.2) is 6.54 Å². The molecule has 6 nitrogen and oxygen atoms in total. The molecule has 1 aliphatic heterocycles. The second-order valence-electron chi connectivity index (χ2n) is 5.74. The average Bonchev–Trinajstić information content (AvgIpc) is 2.54. The van der Waals surface area contributed by atoms with E-state index >= 15 is 0 Å². The van der Waals surface area contributed by atoms with E-state index in [2.05, 4.69) is 4.90 Å². The number of quaternary nitrogens is 1. The average molecular weight is 363 g/mol. The van der Waals surface area contributed by atoms with Gasteiger partial charge in [0.1, 0.15) is 12.4 Å². The molecule has 138 valence electrons. The van der Waals surface area contributed by atoms with Crippen molar-refractivity contribution in [3.8, 4) is 0 Å². The van der Waals surface area contributed by atoms with E-state index in [9.17, 15) is 27.2 Å². The van der Waals surface area contributed by atoms with Gasteiger partial charge >= 0.3 is 12.2 Å². The second kappa shape index (κ2) is 8.15. The molecule has 1 fully saturated rings. The lowest BCUT2D eigenvalue weighted by atomic mass is 10.2. The molecule has 0 aromatic heterocycles. The molecule has 0 radical (unpaired) electrons. The minimum atomic E-state index is -4.53. The van der Waals surface area contributed by atoms with Crippen LogP contribution in [0.3, 0.4) is 0 Å². The predicted molar refractivity (Wildman–Crippen MR) is 81.8 cm³/mol. The van der Waals surface area contributed by atoms with Crippen molar-refractivity contribution < 1.29 is 32.1 Å². The highest BCUT2D eigenvalue weighted by Crippen LogP contribution is 2.14. The molecule has 0 spiro atoms. The molecule has 1 saturated heterocycles. The van der Waals surface area contributed by atoms with Gasteiger partial charge < -0.3 is 15.1 Å². The van der Waals surface area contributed by atoms with Crippen molar-refractivity contribution in [2.75, 3.05) is 44.2 Å². The van der Waals surface area contributed by atoms with Crippen LogP contribution in [0.5, 0.6) is 0 Å². The topological polar surface area (TPSA) is 65.9 Å². The zero-order valence-electron chi connectivity index (χ0n) is 13.3. The first kappa shape index (κ1) is 19.0. The van der Waals surface area contributed by atoms with E-state index in [0.717, 1.165) is 10.6 Å². The minimum absolute atomic E-state index is 0.00328. The van der Waals surface area contributed by atoms with E-state index in [1.54, 1.807) is 17.4 Å². The smallest absolute Gasteiger partial charge is 0.360 e. The molecule has 2 rings (SSSR count). The van der Waals surface area contributed by atoms with Gasteiger partial charge in [-0.05, 0) is 24.3 Å². The molecule has 25 heavy (non-hydrogen) atoms. The first-order chi connectivity index (χ1) is 11.7. The van der Waals surface area contributed by atoms with Gasteiger partial charge in [-0.2, -0.15) is 13.2 Å². The number of nitrogens with zero attached hydrogens (tertiary/aromatic N) is 1. The van der Waals surface area contributed by atoms with E-state index in [1.807, 2.05) is 5.32 Å². The maximum atomic E-state index is 12.9. The van der Waals surface area contributed by atoms with Crippen LogP contribution < -0.4 is 20.4 Å². The lowest BCUT2D eigenvalue weighted by Gasteiger charge is -2.33. The molecule has 1 aromatic carbocycles. The summed E-state index contributed by atoms with van der Waals surface area (Å²) in [4.78, 5) is 25.9. The van der Waals surface area contributed by atoms with Crippen LogP contribution in [0, 0.1) is 5.82 Å². The van der Waals surface area contributed by atoms with E-state index in [4.69, 9.17) is 0 Å². The van der Waals surface area contributed by atoms with E-state index in [-0.39, 0.29) is 12.4 Å². The fourth-order valence-corrected chi connectivity index (χ4v) is 2.53. The normalized spacial score (nSPS) is 15.8. The SMILES string of the molecule is O=C(C[NH+]1CCN(c2ccc(F)cc2)CC1)NC(=O)NCC(F)(F)F. The molecule has 1 aromatic rings. The highest BCUT2D eigenvalue weighted by molar-refractivity contribution is 5.94. The fraction of sp³-hybridized carbons (Fsp3) is 0.467. The highest BCUT2D eigenvalue weighted by Gasteiger charge is 2.28. The molecule has 10 heteroatoms. The van der Waals surface area contributed by atoms with Crippen LogP contribution in [0.15, 0.2) is 24.3 Å². The summed E-state index contributed by atoms with van der Waals surface area (Å²) < 4.78 is 48.8. The Labute approximate surface area is 141 Å². The third-order valence-electron chi connectivity index (χ3n) is 3.78. The number of anilines is 1. The number of carbonyl (C=O) groups excluding carboxylic acids is 2. The number of nitrogens with one attached hydrogen (secondary N) is 3. The van der Waals surface area contributed by atoms with Crippen molar-refractivity contribution in [1.29, 1.82) is 0 Å². The van der Waals surface area contributed by atoms with Crippen molar-refractivity contribution in [3.63, 3.8) is 0 Å². The summed E-state index contributed by atoms with van der Waals surface area (Å²) in [7, 11) is 0. The number of benzene rings is 1. The maximum absolute atomic E-state index is 12.9. The molecular formula is C15H19F4N4O2+. The number of piperazine rings is 1. The van der Waals surface area contributed by atoms with Gasteiger partial charge in [-0.15, -0.1) is 0 Å². The molecule has 1 heterocycles. The Morgan fingerprint density at radius 2 is 1.72 bits per heavy atom. The number of carbonyl (C=O) groups is 2. The zero-order chi connectivity index (χ0) is 18.4. The van der Waals surface area contributed by atoms with Crippen molar-refractivity contribution in [1.82, 2.24) is 10.6 Å². The second-order valence-corrected chi connectivity index (χ2v) is 5.74. The number of halogens is 4. The lowest BCUT2D eigenvalue weighted by Crippen LogP contribution is -3.16. The van der Waals surface area contributed by atoms with Crippen LogP contribution in [-0.2, 0) is 4.79 Å². The van der Waals surface area contributed by atoms with Gasteiger partial charge in [0.2, 0.25) is 0 Å². The number of hydrogen-bond acceptors (Lipinski definition) is 3. The van der Waals surface area contributed by atoms with Crippen molar-refractivity contribution in [2.45, 2.75) is 6.18 Å². The summed E-state index contributed by atoms with van der Waals surface area (Å²) in [6, 6.07) is 4.95. The van der Waals surface area contributed by atoms with E-state index in [1.165, 1.54) is 12.1 Å². The van der Waals surface area contributed by atoms with Crippen LogP contribution in [0.1, 0.15) is 0 Å². The molecule has 3 N–H and O–H groups in total. The quantitative estimate of drug-likeness (QED) is 0.656. The third kappa shape index (κ3) is 6.57. The number of hydrogen-bond donors (Lipinski definition) is 3. The van der Waals surface area contributed by atoms with Crippen LogP contribution in [0.2, 0.25) is 0 Å². The van der Waals surface area contributed by atoms with Crippen molar-refractivity contribution >= 4 is 17.6 Å². The molecule has 0 saturated carbocycles. The molecular weight excluding hydrogens is 344 g/mol. The van der Waals surface area contributed by atoms with Gasteiger partial charge in [0, 0.05) is 5.69 Å². The number of alkyl halides is 3. The number of urea groups is 1. The van der Waals surface area contributed by atoms with Crippen molar-refractivity contribution in [2.24, 2.45) is 0 Å². The van der Waals surface area contributed by atoms with Crippen molar-refractivity contribution in [3.05, 3.63) is 30.1 Å². The molecule has 3 amide bonds. The summed E-state index contributed by atoms with van der Waals surface area (Å²) >= 11 is 0. The summed E-state index contributed by atoms with van der Waals surface area (Å²) in [5, 5.41) is 3.46. The summed E-state index contributed by atoms with van der Waals surface area (Å²) in [5.74, 6) is -0.946. The minimum Gasteiger partial charge on any atom is -0.360 e. The van der Waals surface area contributed by atoms with Gasteiger partial charge in [0.05, 0.1) is 26.2 Å². The van der Waals surface area contributed by atoms with Crippen LogP contribution >= 0.6 is 0 Å². The Kier molecular flexibility index (Phi) is 6.18. The lowest BCUT2D eigenvalue weighted by molar-refractivity contribution is -0.892. The molecule has 1 aliphatic rings. The first-order valence-electron chi connectivity index (χ1n) is 7.71. The monoisotopic (exact) mass is 363 g/mol. The van der Waals surface area contributed by atoms with Crippen LogP contribution in [0.25, 0.3) is 0 Å². The third-order valence-corrected chi connectivity index (χ3v) is 3.78. The Balaban J connectivity index is 1.71. The standard InChI is InChI=1S/C15H18F4N4O2/c16-11-1-3-12(4-2-11)23-7-5-22(6-8-23)9-13(24)21-14(25)20-10-15(17,18)19/h1-4H,5-10H2,(H2,20,21,24,25)/p+1. The van der Waals surface area contributed by atoms with Gasteiger partial charge in [0.25, 0.3) is 5.91 Å². The Morgan fingerprint density at radius 3 is 2.28 bits per heavy atom. The highest BCUT2D eigenvalue weighted by atomic mass is 19.4. The number of amides is 3.